The van der Waals surface area contributed by atoms with Crippen LogP contribution in [0.25, 0.3) is 5.57 Å². The maximum Gasteiger partial charge on any atom is 0.248 e. The molecule has 0 radical (unpaired) electrons. The van der Waals surface area contributed by atoms with Crippen LogP contribution in [0.5, 0.6) is 5.75 Å². The van der Waals surface area contributed by atoms with Crippen LogP contribution < -0.4 is 10.3 Å². The van der Waals surface area contributed by atoms with E-state index in [4.69, 9.17) is 4.74 Å². The van der Waals surface area contributed by atoms with Crippen molar-refractivity contribution in [1.82, 2.24) is 4.98 Å². The van der Waals surface area contributed by atoms with Gasteiger partial charge in [0.25, 0.3) is 0 Å². The molecule has 0 bridgehead atoms. The Hall–Kier alpha value is -2.69. The van der Waals surface area contributed by atoms with E-state index in [9.17, 15) is 14.0 Å². The highest BCUT2D eigenvalue weighted by molar-refractivity contribution is 5.78. The highest BCUT2D eigenvalue weighted by Crippen LogP contribution is 2.34. The fourth-order valence-corrected chi connectivity index (χ4v) is 3.01. The number of benzene rings is 1. The van der Waals surface area contributed by atoms with E-state index in [1.165, 1.54) is 18.3 Å². The number of allylic oxidation sites excluding steroid dienone is 1. The van der Waals surface area contributed by atoms with Crippen LogP contribution in [0.1, 0.15) is 41.6 Å². The maximum absolute atomic E-state index is 14.1. The van der Waals surface area contributed by atoms with E-state index in [0.717, 1.165) is 36.8 Å². The van der Waals surface area contributed by atoms with Gasteiger partial charge in [0.2, 0.25) is 5.56 Å². The molecule has 4 nitrogen and oxygen atoms in total. The minimum Gasteiger partial charge on any atom is -0.487 e. The molecule has 24 heavy (non-hydrogen) atoms. The predicted molar refractivity (Wildman–Crippen MR) is 89.7 cm³/mol. The van der Waals surface area contributed by atoms with Gasteiger partial charge < -0.3 is 9.72 Å². The molecule has 0 aliphatic heterocycles. The Morgan fingerprint density at radius 1 is 1.21 bits per heavy atom. The summed E-state index contributed by atoms with van der Waals surface area (Å²) in [6.45, 7) is 0.274. The second-order valence-corrected chi connectivity index (χ2v) is 5.79. The monoisotopic (exact) mass is 327 g/mol. The van der Waals surface area contributed by atoms with E-state index in [1.54, 1.807) is 12.1 Å². The topological polar surface area (TPSA) is 59.2 Å². The molecule has 1 N–H and O–H groups in total. The third-order valence-electron chi connectivity index (χ3n) is 4.23. The molecule has 1 aliphatic rings. The van der Waals surface area contributed by atoms with Crippen LogP contribution in [0.2, 0.25) is 0 Å². The van der Waals surface area contributed by atoms with Gasteiger partial charge in [-0.05, 0) is 42.9 Å². The fraction of sp³-hybridized carbons (Fsp3) is 0.263. The molecule has 0 unspecified atom stereocenters. The molecule has 1 aromatic carbocycles. The van der Waals surface area contributed by atoms with Gasteiger partial charge in [0, 0.05) is 17.8 Å². The summed E-state index contributed by atoms with van der Waals surface area (Å²) in [6.07, 6.45) is 5.68. The third kappa shape index (κ3) is 3.45. The Morgan fingerprint density at radius 3 is 2.79 bits per heavy atom. The normalized spacial score (nSPS) is 14.5. The first-order chi connectivity index (χ1) is 11.7. The quantitative estimate of drug-likeness (QED) is 0.851. The van der Waals surface area contributed by atoms with Gasteiger partial charge in [0.1, 0.15) is 18.2 Å². The molecule has 5 heteroatoms. The van der Waals surface area contributed by atoms with E-state index in [0.29, 0.717) is 17.6 Å². The van der Waals surface area contributed by atoms with Gasteiger partial charge in [-0.2, -0.15) is 0 Å². The summed E-state index contributed by atoms with van der Waals surface area (Å²) in [6, 6.07) is 7.95. The number of carbonyl (C=O) groups excluding carboxylic acids is 1. The minimum atomic E-state index is -0.353. The molecule has 124 valence electrons. The van der Waals surface area contributed by atoms with Gasteiger partial charge in [-0.1, -0.05) is 18.2 Å². The molecule has 0 fully saturated rings. The Labute approximate surface area is 139 Å². The van der Waals surface area contributed by atoms with Crippen LogP contribution in [0.3, 0.4) is 0 Å². The van der Waals surface area contributed by atoms with Crippen LogP contribution >= 0.6 is 0 Å². The van der Waals surface area contributed by atoms with Crippen molar-refractivity contribution in [2.45, 2.75) is 25.7 Å². The Balaban J connectivity index is 1.88. The van der Waals surface area contributed by atoms with Crippen LogP contribution in [-0.2, 0) is 0 Å². The summed E-state index contributed by atoms with van der Waals surface area (Å²) in [5.41, 5.74) is 2.50. The summed E-state index contributed by atoms with van der Waals surface area (Å²) in [5.74, 6) is 0.0973. The number of aromatic nitrogens is 1. The largest absolute Gasteiger partial charge is 0.487 e. The molecular formula is C19H18FNO3. The van der Waals surface area contributed by atoms with Crippen molar-refractivity contribution >= 4 is 11.9 Å². The van der Waals surface area contributed by atoms with Gasteiger partial charge in [0.05, 0.1) is 5.56 Å². The molecule has 0 saturated heterocycles. The standard InChI is InChI=1S/C19H18FNO3/c20-17-8-4-3-7-16(17)15-6-2-1-5-13(15)12-24-18-10-21-19(23)9-14(18)11-22/h3-4,7-11H,1-2,5-6,12H2,(H,21,23). The molecule has 1 heterocycles. The maximum atomic E-state index is 14.1. The lowest BCUT2D eigenvalue weighted by Crippen LogP contribution is -2.12. The molecule has 2 aromatic rings. The molecule has 0 atom stereocenters. The van der Waals surface area contributed by atoms with Crippen LogP contribution in [0.4, 0.5) is 4.39 Å². The Kier molecular flexibility index (Phi) is 4.89. The SMILES string of the molecule is O=Cc1cc(=O)[nH]cc1OCC1=C(c2ccccc2F)CCCC1. The molecule has 1 aliphatic carbocycles. The van der Waals surface area contributed by atoms with Gasteiger partial charge in [-0.3, -0.25) is 9.59 Å². The number of hydrogen-bond acceptors (Lipinski definition) is 3. The van der Waals surface area contributed by atoms with E-state index >= 15 is 0 Å². The van der Waals surface area contributed by atoms with Crippen molar-refractivity contribution in [1.29, 1.82) is 0 Å². The van der Waals surface area contributed by atoms with Crippen molar-refractivity contribution in [3.05, 3.63) is 69.4 Å². The van der Waals surface area contributed by atoms with E-state index < -0.39 is 0 Å². The van der Waals surface area contributed by atoms with E-state index in [2.05, 4.69) is 4.98 Å². The van der Waals surface area contributed by atoms with Gasteiger partial charge in [-0.25, -0.2) is 4.39 Å². The highest BCUT2D eigenvalue weighted by Gasteiger charge is 2.18. The zero-order chi connectivity index (χ0) is 16.9. The third-order valence-corrected chi connectivity index (χ3v) is 4.23. The Bertz CT molecular complexity index is 839. The number of halogens is 1. The van der Waals surface area contributed by atoms with E-state index in [-0.39, 0.29) is 23.5 Å². The summed E-state index contributed by atoms with van der Waals surface area (Å²) in [7, 11) is 0. The summed E-state index contributed by atoms with van der Waals surface area (Å²) < 4.78 is 19.8. The molecule has 0 saturated carbocycles. The van der Waals surface area contributed by atoms with Crippen molar-refractivity contribution in [2.24, 2.45) is 0 Å². The number of nitrogens with one attached hydrogen (secondary N) is 1. The van der Waals surface area contributed by atoms with Gasteiger partial charge in [0.15, 0.2) is 6.29 Å². The van der Waals surface area contributed by atoms with Crippen molar-refractivity contribution in [3.8, 4) is 5.75 Å². The number of hydrogen-bond donors (Lipinski definition) is 1. The predicted octanol–water partition coefficient (Wildman–Crippen LogP) is 3.73. The fourth-order valence-electron chi connectivity index (χ4n) is 3.01. The average molecular weight is 327 g/mol. The summed E-state index contributed by atoms with van der Waals surface area (Å²) >= 11 is 0. The lowest BCUT2D eigenvalue weighted by molar-refractivity contribution is 0.111. The molecular weight excluding hydrogens is 309 g/mol. The first-order valence-electron chi connectivity index (χ1n) is 7.95. The number of pyridine rings is 1. The molecule has 0 spiro atoms. The first-order valence-corrected chi connectivity index (χ1v) is 7.95. The summed E-state index contributed by atoms with van der Waals surface area (Å²) in [5, 5.41) is 0. The second-order valence-electron chi connectivity index (χ2n) is 5.79. The zero-order valence-corrected chi connectivity index (χ0v) is 13.2. The summed E-state index contributed by atoms with van der Waals surface area (Å²) in [4.78, 5) is 24.8. The number of carbonyl (C=O) groups is 1. The van der Waals surface area contributed by atoms with Crippen molar-refractivity contribution in [2.75, 3.05) is 6.61 Å². The minimum absolute atomic E-state index is 0.211. The second kappa shape index (κ2) is 7.25. The lowest BCUT2D eigenvalue weighted by Gasteiger charge is -2.21. The van der Waals surface area contributed by atoms with Crippen molar-refractivity contribution < 1.29 is 13.9 Å². The lowest BCUT2D eigenvalue weighted by atomic mass is 9.87. The molecule has 0 amide bonds. The van der Waals surface area contributed by atoms with Crippen molar-refractivity contribution in [3.63, 3.8) is 0 Å². The van der Waals surface area contributed by atoms with Crippen LogP contribution in [0.15, 0.2) is 46.9 Å². The number of aldehydes is 1. The number of ether oxygens (including phenoxy) is 1. The van der Waals surface area contributed by atoms with E-state index in [1.807, 2.05) is 6.07 Å². The first kappa shape index (κ1) is 16.2. The number of aromatic amines is 1. The van der Waals surface area contributed by atoms with Gasteiger partial charge in [-0.15, -0.1) is 0 Å². The smallest absolute Gasteiger partial charge is 0.248 e. The van der Waals surface area contributed by atoms with Crippen LogP contribution in [0, 0.1) is 5.82 Å². The average Bonchev–Trinajstić information content (AvgIpc) is 2.61. The van der Waals surface area contributed by atoms with Gasteiger partial charge >= 0.3 is 0 Å². The number of rotatable bonds is 5. The highest BCUT2D eigenvalue weighted by atomic mass is 19.1. The Morgan fingerprint density at radius 2 is 2.00 bits per heavy atom. The van der Waals surface area contributed by atoms with Crippen LogP contribution in [-0.4, -0.2) is 17.9 Å². The molecule has 1 aromatic heterocycles. The number of H-pyrrole nitrogens is 1. The molecule has 3 rings (SSSR count). The zero-order valence-electron chi connectivity index (χ0n) is 13.2.